The molecule has 0 atom stereocenters. The van der Waals surface area contributed by atoms with Crippen LogP contribution in [0.1, 0.15) is 38.2 Å². The van der Waals surface area contributed by atoms with E-state index in [9.17, 15) is 4.79 Å². The first-order valence-electron chi connectivity index (χ1n) is 5.00. The van der Waals surface area contributed by atoms with Crippen molar-refractivity contribution in [1.29, 1.82) is 0 Å². The van der Waals surface area contributed by atoms with Gasteiger partial charge >= 0.3 is 0 Å². The largest absolute Gasteiger partial charge is 0.382 e. The third-order valence-electron chi connectivity index (χ3n) is 1.93. The van der Waals surface area contributed by atoms with Crippen molar-refractivity contribution < 1.29 is 4.79 Å². The molecule has 0 saturated heterocycles. The van der Waals surface area contributed by atoms with Gasteiger partial charge in [-0.1, -0.05) is 13.8 Å². The molecular formula is C11H18N2O. The average molecular weight is 194 g/mol. The summed E-state index contributed by atoms with van der Waals surface area (Å²) in [5, 5.41) is 3.24. The van der Waals surface area contributed by atoms with Crippen LogP contribution in [0.3, 0.4) is 0 Å². The van der Waals surface area contributed by atoms with E-state index < -0.39 is 0 Å². The van der Waals surface area contributed by atoms with E-state index >= 15 is 0 Å². The number of ketones is 1. The lowest BCUT2D eigenvalue weighted by atomic mass is 10.1. The van der Waals surface area contributed by atoms with Gasteiger partial charge in [0.15, 0.2) is 5.78 Å². The summed E-state index contributed by atoms with van der Waals surface area (Å²) < 4.78 is 0. The lowest BCUT2D eigenvalue weighted by molar-refractivity contribution is 0.0935. The van der Waals surface area contributed by atoms with Crippen LogP contribution in [0.25, 0.3) is 0 Å². The van der Waals surface area contributed by atoms with Crippen LogP contribution in [0.4, 0.5) is 5.69 Å². The molecule has 0 fully saturated rings. The number of rotatable bonds is 4. The van der Waals surface area contributed by atoms with Gasteiger partial charge in [0.1, 0.15) is 0 Å². The quantitative estimate of drug-likeness (QED) is 0.724. The Hall–Kier alpha value is -1.25. The molecule has 0 aliphatic heterocycles. The SMILES string of the molecule is CC(C)Nc1c[nH]c(C(=O)C(C)C)c1. The van der Waals surface area contributed by atoms with Gasteiger partial charge in [-0.25, -0.2) is 0 Å². The normalized spacial score (nSPS) is 11.0. The first kappa shape index (κ1) is 10.8. The fourth-order valence-corrected chi connectivity index (χ4v) is 1.26. The Bertz CT molecular complexity index is 313. The number of hydrogen-bond donors (Lipinski definition) is 2. The van der Waals surface area contributed by atoms with Gasteiger partial charge in [-0.05, 0) is 19.9 Å². The summed E-state index contributed by atoms with van der Waals surface area (Å²) in [6, 6.07) is 2.25. The molecule has 3 nitrogen and oxygen atoms in total. The second kappa shape index (κ2) is 4.31. The second-order valence-corrected chi connectivity index (χ2v) is 4.12. The second-order valence-electron chi connectivity index (χ2n) is 4.12. The van der Waals surface area contributed by atoms with Gasteiger partial charge < -0.3 is 10.3 Å². The molecule has 0 bridgehead atoms. The molecule has 0 amide bonds. The summed E-state index contributed by atoms with van der Waals surface area (Å²) in [7, 11) is 0. The zero-order chi connectivity index (χ0) is 10.7. The highest BCUT2D eigenvalue weighted by Gasteiger charge is 2.12. The number of H-pyrrole nitrogens is 1. The molecule has 0 aromatic carbocycles. The van der Waals surface area contributed by atoms with E-state index in [4.69, 9.17) is 0 Å². The van der Waals surface area contributed by atoms with Gasteiger partial charge in [0.25, 0.3) is 0 Å². The maximum Gasteiger partial charge on any atom is 0.181 e. The predicted molar refractivity (Wildman–Crippen MR) is 58.7 cm³/mol. The number of anilines is 1. The van der Waals surface area contributed by atoms with Crippen molar-refractivity contribution in [3.63, 3.8) is 0 Å². The third-order valence-corrected chi connectivity index (χ3v) is 1.93. The molecule has 0 spiro atoms. The molecule has 0 radical (unpaired) electrons. The van der Waals surface area contributed by atoms with Crippen molar-refractivity contribution in [1.82, 2.24) is 4.98 Å². The highest BCUT2D eigenvalue weighted by atomic mass is 16.1. The smallest absolute Gasteiger partial charge is 0.181 e. The molecule has 1 aromatic heterocycles. The fourth-order valence-electron chi connectivity index (χ4n) is 1.26. The van der Waals surface area contributed by atoms with Crippen molar-refractivity contribution in [2.24, 2.45) is 5.92 Å². The number of hydrogen-bond acceptors (Lipinski definition) is 2. The summed E-state index contributed by atoms with van der Waals surface area (Å²) in [6.07, 6.45) is 1.83. The lowest BCUT2D eigenvalue weighted by Gasteiger charge is -2.05. The Morgan fingerprint density at radius 2 is 2.00 bits per heavy atom. The lowest BCUT2D eigenvalue weighted by Crippen LogP contribution is -2.09. The summed E-state index contributed by atoms with van der Waals surface area (Å²) in [6.45, 7) is 7.94. The van der Waals surface area contributed by atoms with Crippen LogP contribution in [0.5, 0.6) is 0 Å². The number of aromatic nitrogens is 1. The Kier molecular flexibility index (Phi) is 3.33. The maximum absolute atomic E-state index is 11.6. The molecule has 78 valence electrons. The Morgan fingerprint density at radius 1 is 1.36 bits per heavy atom. The van der Waals surface area contributed by atoms with Gasteiger partial charge in [-0.3, -0.25) is 4.79 Å². The Labute approximate surface area is 84.9 Å². The highest BCUT2D eigenvalue weighted by Crippen LogP contribution is 2.14. The van der Waals surface area contributed by atoms with Crippen molar-refractivity contribution in [3.8, 4) is 0 Å². The Balaban J connectivity index is 2.73. The molecule has 0 aliphatic carbocycles. The van der Waals surface area contributed by atoms with E-state index in [0.29, 0.717) is 11.7 Å². The van der Waals surface area contributed by atoms with Crippen molar-refractivity contribution in [2.75, 3.05) is 5.32 Å². The molecule has 0 aliphatic rings. The molecule has 2 N–H and O–H groups in total. The van der Waals surface area contributed by atoms with Gasteiger partial charge in [0.05, 0.1) is 11.4 Å². The number of aromatic amines is 1. The van der Waals surface area contributed by atoms with E-state index in [-0.39, 0.29) is 11.7 Å². The van der Waals surface area contributed by atoms with Crippen LogP contribution in [0.2, 0.25) is 0 Å². The predicted octanol–water partition coefficient (Wildman–Crippen LogP) is 2.67. The standard InChI is InChI=1S/C11H18N2O/c1-7(2)11(14)10-5-9(6-12-10)13-8(3)4/h5-8,12-13H,1-4H3. The van der Waals surface area contributed by atoms with Gasteiger partial charge in [-0.15, -0.1) is 0 Å². The molecule has 0 saturated carbocycles. The Morgan fingerprint density at radius 3 is 2.50 bits per heavy atom. The zero-order valence-corrected chi connectivity index (χ0v) is 9.22. The molecule has 1 heterocycles. The maximum atomic E-state index is 11.6. The molecule has 1 aromatic rings. The summed E-state index contributed by atoms with van der Waals surface area (Å²) in [5.74, 6) is 0.197. The number of Topliss-reactive ketones (excluding diaryl/α,β-unsaturated/α-hetero) is 1. The number of carbonyl (C=O) groups is 1. The van der Waals surface area contributed by atoms with E-state index in [1.165, 1.54) is 0 Å². The van der Waals surface area contributed by atoms with E-state index in [1.54, 1.807) is 0 Å². The molecule has 14 heavy (non-hydrogen) atoms. The minimum Gasteiger partial charge on any atom is -0.382 e. The first-order chi connectivity index (χ1) is 6.50. The zero-order valence-electron chi connectivity index (χ0n) is 9.22. The van der Waals surface area contributed by atoms with E-state index in [1.807, 2.05) is 26.1 Å². The van der Waals surface area contributed by atoms with Crippen LogP contribution >= 0.6 is 0 Å². The van der Waals surface area contributed by atoms with Gasteiger partial charge in [0.2, 0.25) is 0 Å². The van der Waals surface area contributed by atoms with Gasteiger partial charge in [-0.2, -0.15) is 0 Å². The van der Waals surface area contributed by atoms with E-state index in [2.05, 4.69) is 24.1 Å². The summed E-state index contributed by atoms with van der Waals surface area (Å²) in [4.78, 5) is 14.6. The fraction of sp³-hybridized carbons (Fsp3) is 0.545. The molecular weight excluding hydrogens is 176 g/mol. The monoisotopic (exact) mass is 194 g/mol. The minimum absolute atomic E-state index is 0.0422. The van der Waals surface area contributed by atoms with Crippen molar-refractivity contribution >= 4 is 11.5 Å². The van der Waals surface area contributed by atoms with Crippen molar-refractivity contribution in [2.45, 2.75) is 33.7 Å². The van der Waals surface area contributed by atoms with E-state index in [0.717, 1.165) is 5.69 Å². The number of carbonyl (C=O) groups excluding carboxylic acids is 1. The summed E-state index contributed by atoms with van der Waals surface area (Å²) in [5.41, 5.74) is 1.66. The van der Waals surface area contributed by atoms with Crippen LogP contribution in [-0.4, -0.2) is 16.8 Å². The molecule has 1 rings (SSSR count). The third kappa shape index (κ3) is 2.62. The number of nitrogens with one attached hydrogen (secondary N) is 2. The average Bonchev–Trinajstić information content (AvgIpc) is 2.50. The summed E-state index contributed by atoms with van der Waals surface area (Å²) >= 11 is 0. The van der Waals surface area contributed by atoms with Crippen LogP contribution in [0.15, 0.2) is 12.3 Å². The molecule has 0 unspecified atom stereocenters. The highest BCUT2D eigenvalue weighted by molar-refractivity contribution is 5.96. The minimum atomic E-state index is 0.0422. The van der Waals surface area contributed by atoms with Crippen LogP contribution in [-0.2, 0) is 0 Å². The first-order valence-corrected chi connectivity index (χ1v) is 5.00. The van der Waals surface area contributed by atoms with Crippen LogP contribution < -0.4 is 5.32 Å². The van der Waals surface area contributed by atoms with Crippen molar-refractivity contribution in [3.05, 3.63) is 18.0 Å². The molecule has 3 heteroatoms. The van der Waals surface area contributed by atoms with Crippen LogP contribution in [0, 0.1) is 5.92 Å². The topological polar surface area (TPSA) is 44.9 Å². The van der Waals surface area contributed by atoms with Gasteiger partial charge in [0, 0.05) is 18.2 Å².